The molecule has 27 heavy (non-hydrogen) atoms. The Morgan fingerprint density at radius 1 is 1.00 bits per heavy atom. The third-order valence-electron chi connectivity index (χ3n) is 4.38. The van der Waals surface area contributed by atoms with E-state index in [2.05, 4.69) is 5.10 Å². The van der Waals surface area contributed by atoms with Crippen molar-refractivity contribution in [3.05, 3.63) is 70.3 Å². The Morgan fingerprint density at radius 3 is 2.26 bits per heavy atom. The van der Waals surface area contributed by atoms with Crippen molar-refractivity contribution in [1.29, 1.82) is 0 Å². The summed E-state index contributed by atoms with van der Waals surface area (Å²) in [4.78, 5) is 1.80. The van der Waals surface area contributed by atoms with Gasteiger partial charge in [-0.1, -0.05) is 25.1 Å². The number of nitrogens with zero attached hydrogens (tertiary/aromatic N) is 4. The largest absolute Gasteiger partial charge is 0.303 e. The summed E-state index contributed by atoms with van der Waals surface area (Å²) in [6, 6.07) is 10.1. The van der Waals surface area contributed by atoms with Crippen molar-refractivity contribution in [3.63, 3.8) is 0 Å². The summed E-state index contributed by atoms with van der Waals surface area (Å²) in [6.45, 7) is 2.71. The SMILES string of the molecule is CCN(Cc1c(F)cccc1F)Cn1nc(-c2ccccc2F)n(C)c1=S. The molecule has 3 aromatic rings. The van der Waals surface area contributed by atoms with Crippen LogP contribution in [-0.4, -0.2) is 25.8 Å². The normalized spacial score (nSPS) is 11.3. The monoisotopic (exact) mass is 392 g/mol. The number of hydrogen-bond donors (Lipinski definition) is 0. The van der Waals surface area contributed by atoms with Gasteiger partial charge in [0.15, 0.2) is 10.6 Å². The van der Waals surface area contributed by atoms with Crippen molar-refractivity contribution in [2.24, 2.45) is 7.05 Å². The molecule has 1 aromatic heterocycles. The first-order chi connectivity index (χ1) is 12.9. The van der Waals surface area contributed by atoms with Crippen LogP contribution >= 0.6 is 12.2 Å². The molecule has 0 aliphatic carbocycles. The molecule has 1 heterocycles. The maximum atomic E-state index is 14.1. The van der Waals surface area contributed by atoms with E-state index in [1.165, 1.54) is 28.9 Å². The Bertz CT molecular complexity index is 992. The number of hydrogen-bond acceptors (Lipinski definition) is 3. The minimum Gasteiger partial charge on any atom is -0.303 e. The van der Waals surface area contributed by atoms with Crippen LogP contribution in [-0.2, 0) is 20.3 Å². The first-order valence-corrected chi connectivity index (χ1v) is 8.87. The van der Waals surface area contributed by atoms with E-state index in [-0.39, 0.29) is 18.8 Å². The first kappa shape index (κ1) is 19.3. The molecule has 0 aliphatic rings. The molecule has 0 amide bonds. The Labute approximate surface area is 160 Å². The lowest BCUT2D eigenvalue weighted by Crippen LogP contribution is -2.27. The summed E-state index contributed by atoms with van der Waals surface area (Å²) in [5.74, 6) is -1.19. The Kier molecular flexibility index (Phi) is 5.76. The molecule has 0 radical (unpaired) electrons. The summed E-state index contributed by atoms with van der Waals surface area (Å²) in [7, 11) is 1.71. The predicted molar refractivity (Wildman–Crippen MR) is 99.9 cm³/mol. The van der Waals surface area contributed by atoms with Crippen molar-refractivity contribution in [3.8, 4) is 11.4 Å². The Hall–Kier alpha value is -2.45. The molecule has 2 aromatic carbocycles. The molecule has 8 heteroatoms. The molecule has 142 valence electrons. The zero-order valence-electron chi connectivity index (χ0n) is 15.0. The summed E-state index contributed by atoms with van der Waals surface area (Å²) in [5, 5.41) is 4.42. The van der Waals surface area contributed by atoms with Crippen LogP contribution in [0.2, 0.25) is 0 Å². The van der Waals surface area contributed by atoms with E-state index in [1.54, 1.807) is 34.7 Å². The van der Waals surface area contributed by atoms with Gasteiger partial charge < -0.3 is 4.57 Å². The van der Waals surface area contributed by atoms with E-state index in [0.29, 0.717) is 22.7 Å². The number of halogens is 3. The van der Waals surface area contributed by atoms with Gasteiger partial charge in [0, 0.05) is 19.2 Å². The molecular formula is C19H19F3N4S. The Balaban J connectivity index is 1.90. The average Bonchev–Trinajstić information content (AvgIpc) is 2.92. The summed E-state index contributed by atoms with van der Waals surface area (Å²) >= 11 is 5.41. The molecule has 0 N–H and O–H groups in total. The number of rotatable bonds is 6. The van der Waals surface area contributed by atoms with Crippen LogP contribution < -0.4 is 0 Å². The van der Waals surface area contributed by atoms with E-state index < -0.39 is 17.5 Å². The molecule has 0 aliphatic heterocycles. The third kappa shape index (κ3) is 3.96. The van der Waals surface area contributed by atoms with Crippen LogP contribution in [0.4, 0.5) is 13.2 Å². The van der Waals surface area contributed by atoms with Gasteiger partial charge in [-0.25, -0.2) is 17.9 Å². The average molecular weight is 392 g/mol. The van der Waals surface area contributed by atoms with Crippen LogP contribution in [0, 0.1) is 22.2 Å². The van der Waals surface area contributed by atoms with Crippen LogP contribution in [0.1, 0.15) is 12.5 Å². The van der Waals surface area contributed by atoms with E-state index in [0.717, 1.165) is 0 Å². The van der Waals surface area contributed by atoms with Gasteiger partial charge in [0.25, 0.3) is 0 Å². The summed E-state index contributed by atoms with van der Waals surface area (Å²) in [6.07, 6.45) is 0. The van der Waals surface area contributed by atoms with Crippen molar-refractivity contribution < 1.29 is 13.2 Å². The highest BCUT2D eigenvalue weighted by atomic mass is 32.1. The van der Waals surface area contributed by atoms with Crippen molar-refractivity contribution >= 4 is 12.2 Å². The lowest BCUT2D eigenvalue weighted by Gasteiger charge is -2.20. The molecule has 0 fully saturated rings. The van der Waals surface area contributed by atoms with Gasteiger partial charge in [0.2, 0.25) is 0 Å². The van der Waals surface area contributed by atoms with Gasteiger partial charge >= 0.3 is 0 Å². The second kappa shape index (κ2) is 8.06. The van der Waals surface area contributed by atoms with Gasteiger partial charge in [-0.15, -0.1) is 0 Å². The maximum Gasteiger partial charge on any atom is 0.199 e. The third-order valence-corrected chi connectivity index (χ3v) is 4.86. The summed E-state index contributed by atoms with van der Waals surface area (Å²) in [5.41, 5.74) is 0.337. The van der Waals surface area contributed by atoms with Crippen molar-refractivity contribution in [2.75, 3.05) is 6.54 Å². The van der Waals surface area contributed by atoms with Gasteiger partial charge in [0.05, 0.1) is 12.2 Å². The van der Waals surface area contributed by atoms with E-state index in [1.807, 2.05) is 6.92 Å². The van der Waals surface area contributed by atoms with Crippen LogP contribution in [0.25, 0.3) is 11.4 Å². The number of benzene rings is 2. The zero-order valence-corrected chi connectivity index (χ0v) is 15.8. The standard InChI is InChI=1S/C19H19F3N4S/c1-3-25(11-14-16(21)9-6-10-17(14)22)12-26-19(27)24(2)18(23-26)13-7-4-5-8-15(13)20/h4-10H,3,11-12H2,1-2H3. The highest BCUT2D eigenvalue weighted by Gasteiger charge is 2.17. The van der Waals surface area contributed by atoms with Crippen LogP contribution in [0.5, 0.6) is 0 Å². The van der Waals surface area contributed by atoms with Crippen LogP contribution in [0.15, 0.2) is 42.5 Å². The van der Waals surface area contributed by atoms with Gasteiger partial charge in [-0.05, 0) is 43.0 Å². The molecule has 0 saturated carbocycles. The molecule has 0 unspecified atom stereocenters. The zero-order chi connectivity index (χ0) is 19.6. The van der Waals surface area contributed by atoms with E-state index in [4.69, 9.17) is 12.2 Å². The van der Waals surface area contributed by atoms with Gasteiger partial charge in [-0.2, -0.15) is 5.10 Å². The highest BCUT2D eigenvalue weighted by molar-refractivity contribution is 7.71. The van der Waals surface area contributed by atoms with Crippen molar-refractivity contribution in [2.45, 2.75) is 20.1 Å². The minimum atomic E-state index is -0.592. The van der Waals surface area contributed by atoms with E-state index in [9.17, 15) is 13.2 Å². The molecule has 0 saturated heterocycles. The predicted octanol–water partition coefficient (Wildman–Crippen LogP) is 4.51. The summed E-state index contributed by atoms with van der Waals surface area (Å²) < 4.78 is 45.5. The second-order valence-corrected chi connectivity index (χ2v) is 6.50. The fourth-order valence-electron chi connectivity index (χ4n) is 2.82. The quantitative estimate of drug-likeness (QED) is 0.577. The highest BCUT2D eigenvalue weighted by Crippen LogP contribution is 2.21. The second-order valence-electron chi connectivity index (χ2n) is 6.13. The fourth-order valence-corrected chi connectivity index (χ4v) is 3.00. The smallest absolute Gasteiger partial charge is 0.199 e. The molecule has 0 bridgehead atoms. The first-order valence-electron chi connectivity index (χ1n) is 8.46. The van der Waals surface area contributed by atoms with Crippen LogP contribution in [0.3, 0.4) is 0 Å². The number of aromatic nitrogens is 3. The van der Waals surface area contributed by atoms with Crippen molar-refractivity contribution in [1.82, 2.24) is 19.2 Å². The Morgan fingerprint density at radius 2 is 1.63 bits per heavy atom. The molecule has 4 nitrogen and oxygen atoms in total. The van der Waals surface area contributed by atoms with Gasteiger partial charge in [0.1, 0.15) is 17.5 Å². The maximum absolute atomic E-state index is 14.1. The molecule has 0 atom stereocenters. The lowest BCUT2D eigenvalue weighted by atomic mass is 10.2. The van der Waals surface area contributed by atoms with E-state index >= 15 is 0 Å². The van der Waals surface area contributed by atoms with Gasteiger partial charge in [-0.3, -0.25) is 4.90 Å². The molecule has 0 spiro atoms. The fraction of sp³-hybridized carbons (Fsp3) is 0.263. The lowest BCUT2D eigenvalue weighted by molar-refractivity contribution is 0.202. The minimum absolute atomic E-state index is 0.00359. The molecule has 3 rings (SSSR count). The molecular weight excluding hydrogens is 373 g/mol. The topological polar surface area (TPSA) is 26.0 Å².